The molecule has 6 nitrogen and oxygen atoms in total. The van der Waals surface area contributed by atoms with Crippen molar-refractivity contribution in [3.8, 4) is 5.75 Å². The molecule has 0 unspecified atom stereocenters. The Morgan fingerprint density at radius 2 is 1.85 bits per heavy atom. The number of carbonyl (C=O) groups is 1. The molecule has 6 heteroatoms. The summed E-state index contributed by atoms with van der Waals surface area (Å²) < 4.78 is 7.51. The van der Waals surface area contributed by atoms with Crippen molar-refractivity contribution < 1.29 is 9.53 Å². The molecule has 26 heavy (non-hydrogen) atoms. The molecule has 1 aromatic heterocycles. The number of rotatable bonds is 5. The van der Waals surface area contributed by atoms with Gasteiger partial charge in [-0.1, -0.05) is 41.6 Å². The predicted molar refractivity (Wildman–Crippen MR) is 96.9 cm³/mol. The lowest BCUT2D eigenvalue weighted by atomic mass is 10.0. The van der Waals surface area contributed by atoms with Crippen LogP contribution in [0.5, 0.6) is 5.75 Å². The molecule has 4 rings (SSSR count). The van der Waals surface area contributed by atoms with Crippen LogP contribution in [0.3, 0.4) is 0 Å². The number of hydrogen-bond acceptors (Lipinski definition) is 4. The van der Waals surface area contributed by atoms with Gasteiger partial charge in [-0.15, -0.1) is 5.10 Å². The Morgan fingerprint density at radius 1 is 1.12 bits per heavy atom. The average Bonchev–Trinajstić information content (AvgIpc) is 3.08. The van der Waals surface area contributed by atoms with Gasteiger partial charge in [0.15, 0.2) is 0 Å². The molecule has 1 aliphatic heterocycles. The van der Waals surface area contributed by atoms with Gasteiger partial charge in [0.05, 0.1) is 12.2 Å². The minimum Gasteiger partial charge on any atom is -0.487 e. The second-order valence-corrected chi connectivity index (χ2v) is 6.47. The standard InChI is InChI=1S/C20H20N4O2/c1-15-7-5-6-10-19(15)20(25)23-12-17(13-23)24-11-16(21-22-24)14-26-18-8-3-2-4-9-18/h2-11,17H,12-14H2,1H3. The first-order chi connectivity index (χ1) is 12.7. The molecule has 132 valence electrons. The molecule has 1 fully saturated rings. The van der Waals surface area contributed by atoms with Gasteiger partial charge in [0.1, 0.15) is 18.1 Å². The number of amides is 1. The Labute approximate surface area is 152 Å². The molecular formula is C20H20N4O2. The molecule has 0 saturated carbocycles. The fourth-order valence-electron chi connectivity index (χ4n) is 3.00. The van der Waals surface area contributed by atoms with Crippen LogP contribution >= 0.6 is 0 Å². The quantitative estimate of drug-likeness (QED) is 0.711. The molecule has 0 spiro atoms. The first-order valence-corrected chi connectivity index (χ1v) is 8.64. The number of likely N-dealkylation sites (tertiary alicyclic amines) is 1. The summed E-state index contributed by atoms with van der Waals surface area (Å²) in [5.74, 6) is 0.882. The van der Waals surface area contributed by atoms with Crippen molar-refractivity contribution in [2.75, 3.05) is 13.1 Å². The Balaban J connectivity index is 1.33. The van der Waals surface area contributed by atoms with E-state index < -0.39 is 0 Å². The van der Waals surface area contributed by atoms with E-state index in [1.165, 1.54) is 0 Å². The van der Waals surface area contributed by atoms with E-state index in [0.29, 0.717) is 19.7 Å². The lowest BCUT2D eigenvalue weighted by Crippen LogP contribution is -2.51. The van der Waals surface area contributed by atoms with Crippen LogP contribution in [0.4, 0.5) is 0 Å². The van der Waals surface area contributed by atoms with E-state index in [1.807, 2.05) is 77.3 Å². The van der Waals surface area contributed by atoms with E-state index in [-0.39, 0.29) is 11.9 Å². The molecule has 3 aromatic rings. The highest BCUT2D eigenvalue weighted by molar-refractivity contribution is 5.96. The summed E-state index contributed by atoms with van der Waals surface area (Å²) in [5.41, 5.74) is 2.54. The van der Waals surface area contributed by atoms with Crippen LogP contribution in [-0.2, 0) is 6.61 Å². The topological polar surface area (TPSA) is 60.2 Å². The highest BCUT2D eigenvalue weighted by Crippen LogP contribution is 2.23. The number of aromatic nitrogens is 3. The number of para-hydroxylation sites is 1. The number of hydrogen-bond donors (Lipinski definition) is 0. The molecule has 1 saturated heterocycles. The van der Waals surface area contributed by atoms with Gasteiger partial charge in [-0.05, 0) is 30.7 Å². The summed E-state index contributed by atoms with van der Waals surface area (Å²) in [6.45, 7) is 3.63. The number of nitrogens with zero attached hydrogens (tertiary/aromatic N) is 4. The van der Waals surface area contributed by atoms with Gasteiger partial charge >= 0.3 is 0 Å². The fourth-order valence-corrected chi connectivity index (χ4v) is 3.00. The fraction of sp³-hybridized carbons (Fsp3) is 0.250. The Morgan fingerprint density at radius 3 is 2.62 bits per heavy atom. The largest absolute Gasteiger partial charge is 0.487 e. The maximum atomic E-state index is 12.5. The summed E-state index contributed by atoms with van der Waals surface area (Å²) in [6, 6.07) is 17.5. The molecule has 0 bridgehead atoms. The minimum absolute atomic E-state index is 0.0760. The smallest absolute Gasteiger partial charge is 0.254 e. The third-order valence-corrected chi connectivity index (χ3v) is 4.59. The molecule has 0 aliphatic carbocycles. The first-order valence-electron chi connectivity index (χ1n) is 8.64. The third-order valence-electron chi connectivity index (χ3n) is 4.59. The van der Waals surface area contributed by atoms with Crippen LogP contribution in [0.1, 0.15) is 27.7 Å². The van der Waals surface area contributed by atoms with Crippen molar-refractivity contribution in [3.05, 3.63) is 77.6 Å². The van der Waals surface area contributed by atoms with E-state index in [2.05, 4.69) is 10.3 Å². The lowest BCUT2D eigenvalue weighted by Gasteiger charge is -2.39. The second kappa shape index (κ2) is 7.00. The van der Waals surface area contributed by atoms with Gasteiger partial charge in [0.2, 0.25) is 0 Å². The van der Waals surface area contributed by atoms with Crippen LogP contribution in [0.15, 0.2) is 60.8 Å². The number of carbonyl (C=O) groups excluding carboxylic acids is 1. The van der Waals surface area contributed by atoms with Crippen molar-refractivity contribution in [3.63, 3.8) is 0 Å². The molecule has 2 heterocycles. The van der Waals surface area contributed by atoms with Crippen molar-refractivity contribution in [1.82, 2.24) is 19.9 Å². The van der Waals surface area contributed by atoms with Crippen LogP contribution in [-0.4, -0.2) is 38.9 Å². The molecule has 0 radical (unpaired) electrons. The van der Waals surface area contributed by atoms with Crippen LogP contribution in [0.2, 0.25) is 0 Å². The highest BCUT2D eigenvalue weighted by atomic mass is 16.5. The average molecular weight is 348 g/mol. The lowest BCUT2D eigenvalue weighted by molar-refractivity contribution is 0.0497. The van der Waals surface area contributed by atoms with Gasteiger partial charge in [-0.2, -0.15) is 0 Å². The number of ether oxygens (including phenoxy) is 1. The third kappa shape index (κ3) is 3.31. The van der Waals surface area contributed by atoms with Crippen molar-refractivity contribution in [2.24, 2.45) is 0 Å². The summed E-state index contributed by atoms with van der Waals surface area (Å²) >= 11 is 0. The van der Waals surface area contributed by atoms with Crippen LogP contribution in [0.25, 0.3) is 0 Å². The highest BCUT2D eigenvalue weighted by Gasteiger charge is 2.33. The van der Waals surface area contributed by atoms with Gasteiger partial charge in [0.25, 0.3) is 5.91 Å². The van der Waals surface area contributed by atoms with Gasteiger partial charge in [-0.3, -0.25) is 4.79 Å². The van der Waals surface area contributed by atoms with E-state index >= 15 is 0 Å². The zero-order valence-electron chi connectivity index (χ0n) is 14.6. The number of benzene rings is 2. The first kappa shape index (κ1) is 16.3. The van der Waals surface area contributed by atoms with Gasteiger partial charge in [0, 0.05) is 18.7 Å². The molecule has 1 aliphatic rings. The zero-order valence-corrected chi connectivity index (χ0v) is 14.6. The van der Waals surface area contributed by atoms with Crippen LogP contribution < -0.4 is 4.74 Å². The summed E-state index contributed by atoms with van der Waals surface area (Å²) in [5, 5.41) is 8.34. The molecule has 1 amide bonds. The van der Waals surface area contributed by atoms with Crippen molar-refractivity contribution >= 4 is 5.91 Å². The minimum atomic E-state index is 0.0760. The summed E-state index contributed by atoms with van der Waals surface area (Å²) in [6.07, 6.45) is 1.89. The second-order valence-electron chi connectivity index (χ2n) is 6.47. The molecular weight excluding hydrogens is 328 g/mol. The summed E-state index contributed by atoms with van der Waals surface area (Å²) in [7, 11) is 0. The monoisotopic (exact) mass is 348 g/mol. The SMILES string of the molecule is Cc1ccccc1C(=O)N1CC(n2cc(COc3ccccc3)nn2)C1. The summed E-state index contributed by atoms with van der Waals surface area (Å²) in [4.78, 5) is 14.4. The van der Waals surface area contributed by atoms with Crippen molar-refractivity contribution in [1.29, 1.82) is 0 Å². The van der Waals surface area contributed by atoms with E-state index in [1.54, 1.807) is 0 Å². The maximum absolute atomic E-state index is 12.5. The van der Waals surface area contributed by atoms with Crippen molar-refractivity contribution in [2.45, 2.75) is 19.6 Å². The maximum Gasteiger partial charge on any atom is 0.254 e. The molecule has 2 aromatic carbocycles. The van der Waals surface area contributed by atoms with E-state index in [4.69, 9.17) is 4.74 Å². The molecule has 0 atom stereocenters. The van der Waals surface area contributed by atoms with Gasteiger partial charge < -0.3 is 9.64 Å². The molecule has 0 N–H and O–H groups in total. The van der Waals surface area contributed by atoms with E-state index in [0.717, 1.165) is 22.6 Å². The Kier molecular flexibility index (Phi) is 4.39. The van der Waals surface area contributed by atoms with E-state index in [9.17, 15) is 4.79 Å². The predicted octanol–water partition coefficient (Wildman–Crippen LogP) is 2.86. The van der Waals surface area contributed by atoms with Crippen LogP contribution in [0, 0.1) is 6.92 Å². The number of aryl methyl sites for hydroxylation is 1. The normalized spacial score (nSPS) is 14.1. The Bertz CT molecular complexity index is 901. The van der Waals surface area contributed by atoms with Gasteiger partial charge in [-0.25, -0.2) is 4.68 Å². The zero-order chi connectivity index (χ0) is 17.9. The Hall–Kier alpha value is -3.15.